The Hall–Kier alpha value is -2.11. The molecule has 1 saturated heterocycles. The summed E-state index contributed by atoms with van der Waals surface area (Å²) in [4.78, 5) is 21.2. The van der Waals surface area contributed by atoms with Crippen LogP contribution in [0.4, 0.5) is 11.5 Å². The second-order valence-corrected chi connectivity index (χ2v) is 6.42. The van der Waals surface area contributed by atoms with E-state index in [1.165, 1.54) is 0 Å². The van der Waals surface area contributed by atoms with Gasteiger partial charge >= 0.3 is 0 Å². The van der Waals surface area contributed by atoms with Gasteiger partial charge in [0.15, 0.2) is 0 Å². The maximum absolute atomic E-state index is 12.1. The molecule has 24 heavy (non-hydrogen) atoms. The Bertz CT molecular complexity index is 696. The van der Waals surface area contributed by atoms with Crippen molar-refractivity contribution in [3.63, 3.8) is 0 Å². The zero-order valence-corrected chi connectivity index (χ0v) is 14.5. The lowest BCUT2D eigenvalue weighted by Gasteiger charge is -2.33. The highest BCUT2D eigenvalue weighted by atomic mass is 35.5. The van der Waals surface area contributed by atoms with Crippen LogP contribution in [0, 0.1) is 0 Å². The lowest BCUT2D eigenvalue weighted by atomic mass is 10.1. The number of hydrogen-bond acceptors (Lipinski definition) is 4. The SMILES string of the molecule is CN1CCN(c2ccc(NC(=O)Cc3ccccc3Cl)cn2)CC1. The molecule has 1 aliphatic heterocycles. The average Bonchev–Trinajstić information content (AvgIpc) is 2.58. The van der Waals surface area contributed by atoms with Crippen LogP contribution in [0.15, 0.2) is 42.6 Å². The van der Waals surface area contributed by atoms with E-state index in [1.807, 2.05) is 30.3 Å². The van der Waals surface area contributed by atoms with Crippen LogP contribution in [-0.2, 0) is 11.2 Å². The molecule has 126 valence electrons. The molecule has 2 heterocycles. The second-order valence-electron chi connectivity index (χ2n) is 6.01. The van der Waals surface area contributed by atoms with E-state index in [0.29, 0.717) is 10.7 Å². The van der Waals surface area contributed by atoms with Crippen molar-refractivity contribution in [3.05, 3.63) is 53.2 Å². The predicted octanol–water partition coefficient (Wildman–Crippen LogP) is 2.67. The molecular formula is C18H21ClN4O. The summed E-state index contributed by atoms with van der Waals surface area (Å²) in [6.45, 7) is 4.03. The first kappa shape index (κ1) is 16.7. The summed E-state index contributed by atoms with van der Waals surface area (Å²) < 4.78 is 0. The number of hydrogen-bond donors (Lipinski definition) is 1. The highest BCUT2D eigenvalue weighted by Crippen LogP contribution is 2.18. The van der Waals surface area contributed by atoms with Crippen LogP contribution in [0.2, 0.25) is 5.02 Å². The molecule has 1 amide bonds. The number of likely N-dealkylation sites (N-methyl/N-ethyl adjacent to an activating group) is 1. The van der Waals surface area contributed by atoms with E-state index in [2.05, 4.69) is 27.1 Å². The highest BCUT2D eigenvalue weighted by molar-refractivity contribution is 6.31. The summed E-state index contributed by atoms with van der Waals surface area (Å²) in [7, 11) is 2.13. The van der Waals surface area contributed by atoms with Gasteiger partial charge in [0.25, 0.3) is 0 Å². The van der Waals surface area contributed by atoms with Gasteiger partial charge in [0.05, 0.1) is 18.3 Å². The van der Waals surface area contributed by atoms with Gasteiger partial charge in [-0.05, 0) is 30.8 Å². The summed E-state index contributed by atoms with van der Waals surface area (Å²) in [5.74, 6) is 0.851. The molecule has 5 nitrogen and oxygen atoms in total. The summed E-state index contributed by atoms with van der Waals surface area (Å²) >= 11 is 6.09. The van der Waals surface area contributed by atoms with Crippen molar-refractivity contribution in [3.8, 4) is 0 Å². The van der Waals surface area contributed by atoms with E-state index in [-0.39, 0.29) is 12.3 Å². The van der Waals surface area contributed by atoms with Crippen molar-refractivity contribution in [2.75, 3.05) is 43.4 Å². The second kappa shape index (κ2) is 7.64. The number of carbonyl (C=O) groups is 1. The third-order valence-electron chi connectivity index (χ3n) is 4.17. The van der Waals surface area contributed by atoms with Crippen molar-refractivity contribution in [2.45, 2.75) is 6.42 Å². The molecule has 0 radical (unpaired) electrons. The minimum absolute atomic E-state index is 0.0998. The average molecular weight is 345 g/mol. The number of benzene rings is 1. The molecule has 1 N–H and O–H groups in total. The Morgan fingerprint density at radius 1 is 1.17 bits per heavy atom. The molecule has 3 rings (SSSR count). The van der Waals surface area contributed by atoms with Crippen LogP contribution in [0.5, 0.6) is 0 Å². The van der Waals surface area contributed by atoms with Crippen molar-refractivity contribution in [1.82, 2.24) is 9.88 Å². The van der Waals surface area contributed by atoms with Gasteiger partial charge in [-0.2, -0.15) is 0 Å². The van der Waals surface area contributed by atoms with Crippen LogP contribution in [-0.4, -0.2) is 49.0 Å². The number of nitrogens with zero attached hydrogens (tertiary/aromatic N) is 3. The van der Waals surface area contributed by atoms with Crippen LogP contribution >= 0.6 is 11.6 Å². The summed E-state index contributed by atoms with van der Waals surface area (Å²) in [6.07, 6.45) is 1.96. The topological polar surface area (TPSA) is 48.5 Å². The van der Waals surface area contributed by atoms with E-state index in [9.17, 15) is 4.79 Å². The molecule has 1 aliphatic rings. The van der Waals surface area contributed by atoms with Crippen molar-refractivity contribution in [2.24, 2.45) is 0 Å². The number of anilines is 2. The van der Waals surface area contributed by atoms with Crippen molar-refractivity contribution in [1.29, 1.82) is 0 Å². The Balaban J connectivity index is 1.58. The van der Waals surface area contributed by atoms with Crippen LogP contribution in [0.3, 0.4) is 0 Å². The molecule has 1 fully saturated rings. The Morgan fingerprint density at radius 2 is 1.92 bits per heavy atom. The number of halogens is 1. The molecule has 0 bridgehead atoms. The number of aromatic nitrogens is 1. The van der Waals surface area contributed by atoms with Gasteiger partial charge in [0, 0.05) is 31.2 Å². The first-order valence-corrected chi connectivity index (χ1v) is 8.42. The van der Waals surface area contributed by atoms with Gasteiger partial charge in [-0.3, -0.25) is 4.79 Å². The van der Waals surface area contributed by atoms with Gasteiger partial charge in [0.1, 0.15) is 5.82 Å². The molecule has 0 atom stereocenters. The molecular weight excluding hydrogens is 324 g/mol. The smallest absolute Gasteiger partial charge is 0.228 e. The van der Waals surface area contributed by atoms with Crippen molar-refractivity contribution >= 4 is 29.0 Å². The molecule has 0 aliphatic carbocycles. The summed E-state index contributed by atoms with van der Waals surface area (Å²) in [5.41, 5.74) is 1.52. The highest BCUT2D eigenvalue weighted by Gasteiger charge is 2.15. The fourth-order valence-electron chi connectivity index (χ4n) is 2.70. The quantitative estimate of drug-likeness (QED) is 0.926. The Kier molecular flexibility index (Phi) is 5.33. The van der Waals surface area contributed by atoms with Crippen LogP contribution in [0.25, 0.3) is 0 Å². The molecule has 0 spiro atoms. The zero-order chi connectivity index (χ0) is 16.9. The molecule has 0 saturated carbocycles. The number of piperazine rings is 1. The number of pyridine rings is 1. The van der Waals surface area contributed by atoms with Gasteiger partial charge in [-0.25, -0.2) is 4.98 Å². The number of carbonyl (C=O) groups excluding carboxylic acids is 1. The van der Waals surface area contributed by atoms with Crippen LogP contribution < -0.4 is 10.2 Å². The lowest BCUT2D eigenvalue weighted by Crippen LogP contribution is -2.44. The zero-order valence-electron chi connectivity index (χ0n) is 13.7. The molecule has 2 aromatic rings. The fourth-order valence-corrected chi connectivity index (χ4v) is 2.91. The molecule has 0 unspecified atom stereocenters. The monoisotopic (exact) mass is 344 g/mol. The maximum Gasteiger partial charge on any atom is 0.228 e. The third-order valence-corrected chi connectivity index (χ3v) is 4.54. The van der Waals surface area contributed by atoms with Crippen LogP contribution in [0.1, 0.15) is 5.56 Å². The van der Waals surface area contributed by atoms with Gasteiger partial charge in [0.2, 0.25) is 5.91 Å². The fraction of sp³-hybridized carbons (Fsp3) is 0.333. The van der Waals surface area contributed by atoms with Gasteiger partial charge < -0.3 is 15.1 Å². The molecule has 6 heteroatoms. The Morgan fingerprint density at radius 3 is 2.58 bits per heavy atom. The normalized spacial score (nSPS) is 15.3. The van der Waals surface area contributed by atoms with E-state index in [4.69, 9.17) is 11.6 Å². The molecule has 1 aromatic carbocycles. The van der Waals surface area contributed by atoms with Gasteiger partial charge in [-0.15, -0.1) is 0 Å². The van der Waals surface area contributed by atoms with E-state index >= 15 is 0 Å². The van der Waals surface area contributed by atoms with Crippen molar-refractivity contribution < 1.29 is 4.79 Å². The van der Waals surface area contributed by atoms with E-state index in [0.717, 1.165) is 37.6 Å². The lowest BCUT2D eigenvalue weighted by molar-refractivity contribution is -0.115. The van der Waals surface area contributed by atoms with E-state index < -0.39 is 0 Å². The first-order chi connectivity index (χ1) is 11.6. The maximum atomic E-state index is 12.1. The van der Waals surface area contributed by atoms with Gasteiger partial charge in [-0.1, -0.05) is 29.8 Å². The largest absolute Gasteiger partial charge is 0.354 e. The standard InChI is InChI=1S/C18H21ClN4O/c1-22-8-10-23(11-9-22)17-7-6-15(13-20-17)21-18(24)12-14-4-2-3-5-16(14)19/h2-7,13H,8-12H2,1H3,(H,21,24). The van der Waals surface area contributed by atoms with E-state index in [1.54, 1.807) is 12.3 Å². The third kappa shape index (κ3) is 4.24. The summed E-state index contributed by atoms with van der Waals surface area (Å²) in [6, 6.07) is 11.2. The minimum atomic E-state index is -0.0998. The number of amides is 1. The molecule has 1 aromatic heterocycles. The first-order valence-electron chi connectivity index (χ1n) is 8.04. The number of nitrogens with one attached hydrogen (secondary N) is 1. The summed E-state index contributed by atoms with van der Waals surface area (Å²) in [5, 5.41) is 3.48. The predicted molar refractivity (Wildman–Crippen MR) is 97.7 cm³/mol. The Labute approximate surface area is 147 Å². The number of rotatable bonds is 4. The minimum Gasteiger partial charge on any atom is -0.354 e.